The molecule has 2 unspecified atom stereocenters. The lowest BCUT2D eigenvalue weighted by molar-refractivity contribution is -0.438. The molecule has 3 aliphatic rings. The van der Waals surface area contributed by atoms with Crippen LogP contribution in [0.5, 0.6) is 0 Å². The highest BCUT2D eigenvalue weighted by Gasteiger charge is 2.48. The minimum absolute atomic E-state index is 0.00874. The Kier molecular flexibility index (Phi) is 20.8. The summed E-state index contributed by atoms with van der Waals surface area (Å²) in [7, 11) is -16.5. The van der Waals surface area contributed by atoms with Crippen molar-refractivity contribution in [1.29, 1.82) is 0 Å². The van der Waals surface area contributed by atoms with E-state index >= 15 is 0 Å². The Hall–Kier alpha value is -5.00. The number of unbranched alkanes of at least 4 members (excludes halogenated alkanes) is 2. The van der Waals surface area contributed by atoms with Crippen LogP contribution < -0.4 is 4.90 Å². The second kappa shape index (κ2) is 25.7. The summed E-state index contributed by atoms with van der Waals surface area (Å²) in [6.45, 7) is 5.74. The smallest absolute Gasteiger partial charge is 0.333 e. The van der Waals surface area contributed by atoms with Gasteiger partial charge in [0.2, 0.25) is 5.69 Å². The third kappa shape index (κ3) is 16.3. The fourth-order valence-corrected chi connectivity index (χ4v) is 11.3. The Labute approximate surface area is 432 Å². The van der Waals surface area contributed by atoms with Crippen molar-refractivity contribution in [3.63, 3.8) is 0 Å². The standard InChI is InChI=1S/C48H63N3O19S4/c1-47(23-12-32-71(55,56)57)38-34-36(73(61,62)63)17-19-40(38)49(25-11-7-10-16-46(54)70-51-44(52)21-22-45(51)53)42(47)14-8-5-4-6-9-15-43-48(2,24-13-33-72(58,59)60)39-35-37(74(64,65)66)18-20-41(39)50(43)26-27-68-30-31-69-29-28-67-3/h4-6,8-9,14-15,17-20,34-35H,7,10-13,16,21-33H2,1-3H3,(H3-,55,56,57,58,59,60,61,62,63,64,65,66)/p+1. The number of rotatable bonds is 30. The highest BCUT2D eigenvalue weighted by molar-refractivity contribution is 7.86. The van der Waals surface area contributed by atoms with Gasteiger partial charge in [-0.05, 0) is 94.3 Å². The molecule has 2 atom stereocenters. The molecule has 2 aromatic rings. The minimum Gasteiger partial charge on any atom is -0.382 e. The van der Waals surface area contributed by atoms with Gasteiger partial charge >= 0.3 is 5.97 Å². The number of methoxy groups -OCH3 is 1. The van der Waals surface area contributed by atoms with E-state index in [-0.39, 0.29) is 74.5 Å². The number of benzene rings is 2. The molecule has 2 amide bonds. The van der Waals surface area contributed by atoms with Crippen molar-refractivity contribution in [3.8, 4) is 0 Å². The van der Waals surface area contributed by atoms with Gasteiger partial charge in [0.15, 0.2) is 5.71 Å². The van der Waals surface area contributed by atoms with Gasteiger partial charge in [-0.15, -0.1) is 5.06 Å². The van der Waals surface area contributed by atoms with Gasteiger partial charge in [-0.25, -0.2) is 4.79 Å². The van der Waals surface area contributed by atoms with E-state index < -0.39 is 80.6 Å². The molecule has 0 bridgehead atoms. The van der Waals surface area contributed by atoms with Crippen LogP contribution in [0, 0.1) is 0 Å². The summed E-state index contributed by atoms with van der Waals surface area (Å²) in [6, 6.07) is 8.25. The van der Waals surface area contributed by atoms with E-state index in [4.69, 9.17) is 19.0 Å². The topological polar surface area (TPSA) is 315 Å². The summed E-state index contributed by atoms with van der Waals surface area (Å²) < 4.78 is 154. The summed E-state index contributed by atoms with van der Waals surface area (Å²) >= 11 is 0. The number of hydroxylamine groups is 2. The number of hydrogen-bond acceptors (Lipinski definition) is 16. The molecule has 22 nitrogen and oxygen atoms in total. The molecular weight excluding hydrogens is 1050 g/mol. The van der Waals surface area contributed by atoms with E-state index in [2.05, 4.69) is 0 Å². The monoisotopic (exact) mass is 1110 g/mol. The molecular formula is C48H64N3O19S4+. The highest BCUT2D eigenvalue weighted by atomic mass is 32.2. The van der Waals surface area contributed by atoms with Crippen molar-refractivity contribution >= 4 is 75.3 Å². The third-order valence-electron chi connectivity index (χ3n) is 12.8. The molecule has 0 aromatic heterocycles. The second-order valence-electron chi connectivity index (χ2n) is 18.2. The molecule has 3 aliphatic heterocycles. The lowest BCUT2D eigenvalue weighted by Crippen LogP contribution is -2.32. The van der Waals surface area contributed by atoms with Crippen LogP contribution in [0.25, 0.3) is 0 Å². The summed E-state index contributed by atoms with van der Waals surface area (Å²) in [5.41, 5.74) is 1.24. The number of carbonyl (C=O) groups is 3. The van der Waals surface area contributed by atoms with Gasteiger partial charge in [0.25, 0.3) is 52.3 Å². The molecule has 4 N–H and O–H groups in total. The number of allylic oxidation sites excluding steroid dienone is 8. The molecule has 3 heterocycles. The van der Waals surface area contributed by atoms with Crippen LogP contribution in [0.15, 0.2) is 94.4 Å². The number of hydrogen-bond donors (Lipinski definition) is 4. The van der Waals surface area contributed by atoms with E-state index in [0.717, 1.165) is 0 Å². The molecule has 408 valence electrons. The van der Waals surface area contributed by atoms with Gasteiger partial charge in [0, 0.05) is 73.8 Å². The highest BCUT2D eigenvalue weighted by Crippen LogP contribution is 2.51. The summed E-state index contributed by atoms with van der Waals surface area (Å²) in [4.78, 5) is 42.4. The first kappa shape index (κ1) is 59.9. The number of ether oxygens (including phenoxy) is 3. The van der Waals surface area contributed by atoms with Crippen LogP contribution in [0.3, 0.4) is 0 Å². The van der Waals surface area contributed by atoms with E-state index in [0.29, 0.717) is 84.6 Å². The first-order valence-corrected chi connectivity index (χ1v) is 29.8. The Morgan fingerprint density at radius 3 is 1.84 bits per heavy atom. The van der Waals surface area contributed by atoms with Gasteiger partial charge < -0.3 is 23.9 Å². The summed E-state index contributed by atoms with van der Waals surface area (Å²) in [6.07, 6.45) is 13.4. The molecule has 5 rings (SSSR count). The second-order valence-corrected chi connectivity index (χ2v) is 24.2. The molecule has 0 radical (unpaired) electrons. The lowest BCUT2D eigenvalue weighted by Gasteiger charge is -2.30. The van der Waals surface area contributed by atoms with Crippen molar-refractivity contribution in [3.05, 3.63) is 95.8 Å². The number of amides is 2. The molecule has 74 heavy (non-hydrogen) atoms. The van der Waals surface area contributed by atoms with Crippen molar-refractivity contribution in [2.24, 2.45) is 0 Å². The maximum atomic E-state index is 12.5. The Morgan fingerprint density at radius 2 is 1.23 bits per heavy atom. The minimum atomic E-state index is -4.67. The Balaban J connectivity index is 1.45. The third-order valence-corrected chi connectivity index (χ3v) is 16.2. The predicted octanol–water partition coefficient (Wildman–Crippen LogP) is 5.05. The van der Waals surface area contributed by atoms with Crippen LogP contribution in [0.4, 0.5) is 11.4 Å². The molecule has 0 aliphatic carbocycles. The van der Waals surface area contributed by atoms with Crippen LogP contribution in [-0.4, -0.2) is 150 Å². The van der Waals surface area contributed by atoms with Gasteiger partial charge in [-0.2, -0.15) is 38.2 Å². The van der Waals surface area contributed by atoms with E-state index in [1.807, 2.05) is 9.48 Å². The number of carbonyl (C=O) groups excluding carboxylic acids is 3. The van der Waals surface area contributed by atoms with Crippen molar-refractivity contribution in [2.75, 3.05) is 69.6 Å². The number of fused-ring (bicyclic) bond motifs is 2. The average molecular weight is 1120 g/mol. The first-order valence-electron chi connectivity index (χ1n) is 23.7. The molecule has 1 saturated heterocycles. The van der Waals surface area contributed by atoms with E-state index in [9.17, 15) is 66.3 Å². The SMILES string of the molecule is COCCOCCOCCN1/C(=C/C=C/C=C/C=C/C2=[N+](CCCCCC(=O)ON3C(=O)CCC3=O)c3ccc(S(=O)(=O)O)cc3C2(C)CCCS(=O)(=O)O)C(C)(CCCS(=O)(=O)O)c2cc(S(=O)(=O)O)ccc21. The predicted molar refractivity (Wildman–Crippen MR) is 270 cm³/mol. The van der Waals surface area contributed by atoms with Gasteiger partial charge in [0.05, 0.1) is 59.7 Å². The van der Waals surface area contributed by atoms with Crippen LogP contribution in [-0.2, 0) is 84.7 Å². The number of anilines is 1. The Morgan fingerprint density at radius 1 is 0.676 bits per heavy atom. The van der Waals surface area contributed by atoms with Gasteiger partial charge in [-0.3, -0.25) is 27.8 Å². The normalized spacial score (nSPS) is 20.1. The molecule has 1 fully saturated rings. The summed E-state index contributed by atoms with van der Waals surface area (Å²) in [5, 5.41) is 0.482. The lowest BCUT2D eigenvalue weighted by atomic mass is 9.76. The molecule has 0 saturated carbocycles. The van der Waals surface area contributed by atoms with E-state index in [1.165, 1.54) is 30.3 Å². The zero-order valence-corrected chi connectivity index (χ0v) is 44.6. The molecule has 0 spiro atoms. The molecule has 26 heteroatoms. The summed E-state index contributed by atoms with van der Waals surface area (Å²) in [5.74, 6) is -3.09. The van der Waals surface area contributed by atoms with Gasteiger partial charge in [0.1, 0.15) is 6.54 Å². The zero-order valence-electron chi connectivity index (χ0n) is 41.3. The maximum Gasteiger partial charge on any atom is 0.333 e. The van der Waals surface area contributed by atoms with Crippen molar-refractivity contribution < 1.29 is 89.9 Å². The fraction of sp³-hybridized carbons (Fsp3) is 0.500. The largest absolute Gasteiger partial charge is 0.382 e. The van der Waals surface area contributed by atoms with Gasteiger partial charge in [-0.1, -0.05) is 30.4 Å². The fourth-order valence-electron chi connectivity index (χ4n) is 9.24. The van der Waals surface area contributed by atoms with Crippen molar-refractivity contribution in [2.45, 2.75) is 98.7 Å². The molecule has 2 aromatic carbocycles. The van der Waals surface area contributed by atoms with E-state index in [1.54, 1.807) is 69.6 Å². The Bertz CT molecular complexity index is 3010. The maximum absolute atomic E-state index is 12.5. The van der Waals surface area contributed by atoms with Crippen LogP contribution in [0.1, 0.15) is 89.2 Å². The van der Waals surface area contributed by atoms with Crippen LogP contribution >= 0.6 is 0 Å². The van der Waals surface area contributed by atoms with Crippen molar-refractivity contribution in [1.82, 2.24) is 5.06 Å². The first-order chi connectivity index (χ1) is 34.7. The van der Waals surface area contributed by atoms with Crippen LogP contribution in [0.2, 0.25) is 0 Å². The zero-order chi connectivity index (χ0) is 54.5. The number of imide groups is 1. The quantitative estimate of drug-likeness (QED) is 0.0261. The average Bonchev–Trinajstić information content (AvgIpc) is 3.83. The number of nitrogens with zero attached hydrogens (tertiary/aromatic N) is 3.